The van der Waals surface area contributed by atoms with Crippen LogP contribution in [-0.2, 0) is 6.42 Å². The molecule has 0 radical (unpaired) electrons. The predicted molar refractivity (Wildman–Crippen MR) is 133 cm³/mol. The van der Waals surface area contributed by atoms with Crippen LogP contribution in [0.2, 0.25) is 0 Å². The van der Waals surface area contributed by atoms with Gasteiger partial charge in [-0.15, -0.1) is 0 Å². The molecule has 7 nitrogen and oxygen atoms in total. The van der Waals surface area contributed by atoms with Crippen molar-refractivity contribution in [1.82, 2.24) is 24.6 Å². The van der Waals surface area contributed by atoms with Crippen molar-refractivity contribution >= 4 is 17.2 Å². The maximum atomic E-state index is 13.9. The lowest BCUT2D eigenvalue weighted by Gasteiger charge is -2.26. The number of hydrogen-bond acceptors (Lipinski definition) is 6. The first-order valence-electron chi connectivity index (χ1n) is 12.0. The smallest absolute Gasteiger partial charge is 0.228 e. The molecule has 1 atom stereocenters. The minimum Gasteiger partial charge on any atom is -0.496 e. The average Bonchev–Trinajstić information content (AvgIpc) is 3.45. The largest absolute Gasteiger partial charge is 0.496 e. The van der Waals surface area contributed by atoms with Crippen molar-refractivity contribution in [1.29, 1.82) is 0 Å². The van der Waals surface area contributed by atoms with E-state index in [0.717, 1.165) is 42.6 Å². The normalized spacial score (nSPS) is 17.1. The second kappa shape index (κ2) is 8.45. The van der Waals surface area contributed by atoms with Crippen LogP contribution in [0.15, 0.2) is 48.4 Å². The van der Waals surface area contributed by atoms with Gasteiger partial charge in [-0.1, -0.05) is 31.6 Å². The highest BCUT2D eigenvalue weighted by atomic mass is 19.1. The number of fused-ring (bicyclic) bond motifs is 3. The van der Waals surface area contributed by atoms with Gasteiger partial charge >= 0.3 is 0 Å². The van der Waals surface area contributed by atoms with E-state index in [1.807, 2.05) is 12.3 Å². The van der Waals surface area contributed by atoms with Crippen LogP contribution >= 0.6 is 0 Å². The molecule has 0 saturated heterocycles. The Morgan fingerprint density at radius 1 is 1.17 bits per heavy atom. The molecule has 1 aromatic carbocycles. The predicted octanol–water partition coefficient (Wildman–Crippen LogP) is 5.43. The molecule has 1 N–H and O–H groups in total. The van der Waals surface area contributed by atoms with E-state index in [1.54, 1.807) is 17.8 Å². The Balaban J connectivity index is 1.37. The highest BCUT2D eigenvalue weighted by Crippen LogP contribution is 2.45. The first kappa shape index (κ1) is 21.7. The fraction of sp³-hybridized carbons (Fsp3) is 0.333. The number of methoxy groups -OCH3 is 1. The van der Waals surface area contributed by atoms with Crippen LogP contribution in [0.3, 0.4) is 0 Å². The molecule has 6 rings (SSSR count). The summed E-state index contributed by atoms with van der Waals surface area (Å²) < 4.78 is 21.3. The van der Waals surface area contributed by atoms with Gasteiger partial charge in [0.05, 0.1) is 19.5 Å². The number of ether oxygens (including phenoxy) is 1. The van der Waals surface area contributed by atoms with Crippen LogP contribution in [0.4, 0.5) is 10.3 Å². The molecule has 178 valence electrons. The number of allylic oxidation sites excluding steroid dienone is 1. The quantitative estimate of drug-likeness (QED) is 0.419. The molecule has 0 saturated carbocycles. The van der Waals surface area contributed by atoms with Crippen LogP contribution in [0.1, 0.15) is 55.7 Å². The van der Waals surface area contributed by atoms with Gasteiger partial charge in [0, 0.05) is 28.9 Å². The van der Waals surface area contributed by atoms with E-state index in [-0.39, 0.29) is 12.0 Å². The summed E-state index contributed by atoms with van der Waals surface area (Å²) >= 11 is 0. The van der Waals surface area contributed by atoms with Crippen LogP contribution in [0.5, 0.6) is 5.75 Å². The first-order chi connectivity index (χ1) is 17.0. The Labute approximate surface area is 203 Å². The van der Waals surface area contributed by atoms with Crippen LogP contribution in [0, 0.1) is 5.82 Å². The van der Waals surface area contributed by atoms with E-state index >= 15 is 0 Å². The zero-order valence-electron chi connectivity index (χ0n) is 20.0. The van der Waals surface area contributed by atoms with Crippen molar-refractivity contribution in [3.8, 4) is 17.1 Å². The van der Waals surface area contributed by atoms with Crippen LogP contribution in [0.25, 0.3) is 22.6 Å². The Morgan fingerprint density at radius 2 is 2.06 bits per heavy atom. The lowest BCUT2D eigenvalue weighted by Crippen LogP contribution is -2.25. The van der Waals surface area contributed by atoms with Gasteiger partial charge in [0.1, 0.15) is 11.6 Å². The average molecular weight is 471 g/mol. The molecule has 35 heavy (non-hydrogen) atoms. The van der Waals surface area contributed by atoms with E-state index in [4.69, 9.17) is 14.7 Å². The Bertz CT molecular complexity index is 1470. The van der Waals surface area contributed by atoms with Crippen molar-refractivity contribution in [3.63, 3.8) is 0 Å². The number of nitrogens with one attached hydrogen (secondary N) is 1. The number of aromatic nitrogens is 5. The number of hydrogen-bond donors (Lipinski definition) is 1. The fourth-order valence-corrected chi connectivity index (χ4v) is 5.29. The number of nitrogens with zero attached hydrogens (tertiary/aromatic N) is 5. The van der Waals surface area contributed by atoms with E-state index in [0.29, 0.717) is 17.3 Å². The molecule has 0 fully saturated rings. The topological polar surface area (TPSA) is 77.2 Å². The molecule has 3 heterocycles. The Morgan fingerprint density at radius 3 is 2.86 bits per heavy atom. The van der Waals surface area contributed by atoms with Crippen molar-refractivity contribution in [2.24, 2.45) is 0 Å². The summed E-state index contributed by atoms with van der Waals surface area (Å²) in [6, 6.07) is 7.90. The fourth-order valence-electron chi connectivity index (χ4n) is 5.29. The van der Waals surface area contributed by atoms with Crippen molar-refractivity contribution in [2.45, 2.75) is 51.5 Å². The summed E-state index contributed by atoms with van der Waals surface area (Å²) in [5.74, 6) is 1.83. The number of rotatable bonds is 5. The first-order valence-corrected chi connectivity index (χ1v) is 12.0. The van der Waals surface area contributed by atoms with E-state index in [9.17, 15) is 4.39 Å². The summed E-state index contributed by atoms with van der Waals surface area (Å²) in [6.45, 7) is 4.22. The zero-order valence-corrected chi connectivity index (χ0v) is 20.0. The van der Waals surface area contributed by atoms with Crippen molar-refractivity contribution in [3.05, 3.63) is 70.9 Å². The summed E-state index contributed by atoms with van der Waals surface area (Å²) in [6.07, 6.45) is 8.50. The minimum atomic E-state index is -0.417. The lowest BCUT2D eigenvalue weighted by atomic mass is 9.88. The molecule has 4 aromatic rings. The second-order valence-corrected chi connectivity index (χ2v) is 9.58. The monoisotopic (exact) mass is 470 g/mol. The molecule has 8 heteroatoms. The molecule has 0 spiro atoms. The SMILES string of the molecule is COc1cccc2c1CC1=C2CC(Nc2nc(-c3cncc(F)c3)nc3c(C(C)C)cnn23)CC1. The maximum Gasteiger partial charge on any atom is 0.228 e. The van der Waals surface area contributed by atoms with Gasteiger partial charge in [0.15, 0.2) is 11.5 Å². The number of pyridine rings is 1. The highest BCUT2D eigenvalue weighted by Gasteiger charge is 2.30. The molecule has 3 aromatic heterocycles. The molecule has 0 bridgehead atoms. The molecule has 0 amide bonds. The molecule has 2 aliphatic carbocycles. The summed E-state index contributed by atoms with van der Waals surface area (Å²) in [5, 5.41) is 8.24. The summed E-state index contributed by atoms with van der Waals surface area (Å²) in [7, 11) is 1.73. The Hall–Kier alpha value is -3.81. The van der Waals surface area contributed by atoms with Crippen LogP contribution < -0.4 is 10.1 Å². The van der Waals surface area contributed by atoms with Crippen LogP contribution in [-0.4, -0.2) is 37.7 Å². The van der Waals surface area contributed by atoms with Gasteiger partial charge in [-0.3, -0.25) is 4.98 Å². The number of benzene rings is 1. The van der Waals surface area contributed by atoms with Crippen molar-refractivity contribution in [2.75, 3.05) is 12.4 Å². The van der Waals surface area contributed by atoms with Gasteiger partial charge in [-0.25, -0.2) is 9.37 Å². The lowest BCUT2D eigenvalue weighted by molar-refractivity contribution is 0.410. The summed E-state index contributed by atoms with van der Waals surface area (Å²) in [4.78, 5) is 13.5. The molecular formula is C27H27FN6O. The third-order valence-corrected chi connectivity index (χ3v) is 7.05. The molecule has 2 aliphatic rings. The van der Waals surface area contributed by atoms with E-state index in [2.05, 4.69) is 41.4 Å². The zero-order chi connectivity index (χ0) is 24.1. The van der Waals surface area contributed by atoms with E-state index < -0.39 is 5.82 Å². The summed E-state index contributed by atoms with van der Waals surface area (Å²) in [5.41, 5.74) is 7.78. The van der Waals surface area contributed by atoms with E-state index in [1.165, 1.54) is 34.5 Å². The molecular weight excluding hydrogens is 443 g/mol. The third-order valence-electron chi connectivity index (χ3n) is 7.05. The maximum absolute atomic E-state index is 13.9. The molecule has 1 unspecified atom stereocenters. The second-order valence-electron chi connectivity index (χ2n) is 9.58. The Kier molecular flexibility index (Phi) is 5.24. The molecule has 0 aliphatic heterocycles. The van der Waals surface area contributed by atoms with Gasteiger partial charge in [-0.2, -0.15) is 14.6 Å². The van der Waals surface area contributed by atoms with Gasteiger partial charge in [0.2, 0.25) is 5.95 Å². The standard InChI is InChI=1S/C27H27FN6O/c1-15(2)23-14-30-34-26(23)32-25(17-9-18(28)13-29-12-17)33-27(34)31-19-8-7-16-10-22-20(21(16)11-19)5-4-6-24(22)35-3/h4-6,9,12-15,19H,7-8,10-11H2,1-3H3,(H,31,32,33). The van der Waals surface area contributed by atoms with Crippen molar-refractivity contribution < 1.29 is 9.13 Å². The highest BCUT2D eigenvalue weighted by molar-refractivity contribution is 5.79. The van der Waals surface area contributed by atoms with Gasteiger partial charge < -0.3 is 10.1 Å². The third kappa shape index (κ3) is 3.73. The number of anilines is 1. The minimum absolute atomic E-state index is 0.189. The number of halogens is 1. The van der Waals surface area contributed by atoms with Gasteiger partial charge in [-0.05, 0) is 54.9 Å². The van der Waals surface area contributed by atoms with Gasteiger partial charge in [0.25, 0.3) is 0 Å².